The van der Waals surface area contributed by atoms with Gasteiger partial charge < -0.3 is 15.4 Å². The number of ketones is 1. The maximum absolute atomic E-state index is 11.1. The number of halogens is 1. The molecular formula is C14H20ClN3O2. The van der Waals surface area contributed by atoms with Gasteiger partial charge in [-0.25, -0.2) is 0 Å². The zero-order chi connectivity index (χ0) is 14.7. The van der Waals surface area contributed by atoms with E-state index in [0.717, 1.165) is 5.70 Å². The second-order valence-corrected chi connectivity index (χ2v) is 5.58. The number of fused-ring (bicyclic) bond motifs is 1. The lowest BCUT2D eigenvalue weighted by Crippen LogP contribution is -2.38. The van der Waals surface area contributed by atoms with Gasteiger partial charge in [-0.1, -0.05) is 24.6 Å². The van der Waals surface area contributed by atoms with Gasteiger partial charge in [-0.3, -0.25) is 4.79 Å². The molecule has 0 saturated carbocycles. The maximum atomic E-state index is 11.1. The van der Waals surface area contributed by atoms with Crippen molar-refractivity contribution in [2.75, 3.05) is 19.6 Å². The monoisotopic (exact) mass is 297 g/mol. The molecule has 1 aliphatic carbocycles. The average Bonchev–Trinajstić information content (AvgIpc) is 2.78. The minimum Gasteiger partial charge on any atom is -0.454 e. The largest absolute Gasteiger partial charge is 0.454 e. The van der Waals surface area contributed by atoms with Gasteiger partial charge in [0.15, 0.2) is 6.10 Å². The molecule has 0 aromatic carbocycles. The van der Waals surface area contributed by atoms with Crippen LogP contribution in [0.3, 0.4) is 0 Å². The lowest BCUT2D eigenvalue weighted by Gasteiger charge is -2.25. The number of nitrogens with two attached hydrogens (primary N) is 1. The summed E-state index contributed by atoms with van der Waals surface area (Å²) in [5.74, 6) is 0.316. The third kappa shape index (κ3) is 3.41. The molecule has 1 heterocycles. The molecule has 0 aromatic heterocycles. The predicted molar refractivity (Wildman–Crippen MR) is 79.4 cm³/mol. The van der Waals surface area contributed by atoms with E-state index in [9.17, 15) is 4.79 Å². The number of ether oxygens (including phenoxy) is 1. The summed E-state index contributed by atoms with van der Waals surface area (Å²) in [5, 5.41) is 0.687. The van der Waals surface area contributed by atoms with E-state index >= 15 is 0 Å². The molecule has 1 aliphatic heterocycles. The lowest BCUT2D eigenvalue weighted by molar-refractivity contribution is -0.117. The number of Topliss-reactive ketones (excluding diaryl/α,β-unsaturated/α-hetero) is 1. The SMILES string of the molecule is CC(=O)CCN(CCN)C1=NC2=CC(Cl)=CC(C)C2O1. The quantitative estimate of drug-likeness (QED) is 0.837. The molecule has 2 aliphatic rings. The van der Waals surface area contributed by atoms with E-state index in [0.29, 0.717) is 37.1 Å². The molecule has 2 N–H and O–H groups in total. The van der Waals surface area contributed by atoms with E-state index in [1.807, 2.05) is 24.0 Å². The molecule has 20 heavy (non-hydrogen) atoms. The van der Waals surface area contributed by atoms with Gasteiger partial charge in [0.25, 0.3) is 6.02 Å². The molecule has 5 nitrogen and oxygen atoms in total. The third-order valence-corrected chi connectivity index (χ3v) is 3.57. The summed E-state index contributed by atoms with van der Waals surface area (Å²) in [4.78, 5) is 17.6. The van der Waals surface area contributed by atoms with Gasteiger partial charge in [0.1, 0.15) is 5.78 Å². The van der Waals surface area contributed by atoms with Crippen molar-refractivity contribution in [3.8, 4) is 0 Å². The number of carbonyl (C=O) groups is 1. The van der Waals surface area contributed by atoms with Crippen molar-refractivity contribution in [3.05, 3.63) is 22.9 Å². The van der Waals surface area contributed by atoms with Crippen molar-refractivity contribution >= 4 is 23.4 Å². The maximum Gasteiger partial charge on any atom is 0.293 e. The van der Waals surface area contributed by atoms with Gasteiger partial charge >= 0.3 is 0 Å². The van der Waals surface area contributed by atoms with Gasteiger partial charge in [0.05, 0.1) is 5.70 Å². The fourth-order valence-corrected chi connectivity index (χ4v) is 2.60. The normalized spacial score (nSPS) is 24.3. The topological polar surface area (TPSA) is 67.9 Å². The molecule has 6 heteroatoms. The van der Waals surface area contributed by atoms with Crippen molar-refractivity contribution in [2.45, 2.75) is 26.4 Å². The lowest BCUT2D eigenvalue weighted by atomic mass is 9.97. The molecular weight excluding hydrogens is 278 g/mol. The summed E-state index contributed by atoms with van der Waals surface area (Å²) in [6.45, 7) is 5.29. The standard InChI is InChI=1S/C14H20ClN3O2/c1-9-7-11(15)8-12-13(9)20-14(17-12)18(6-4-16)5-3-10(2)19/h7-9,13H,3-6,16H2,1-2H3. The van der Waals surface area contributed by atoms with Crippen molar-refractivity contribution in [1.29, 1.82) is 0 Å². The summed E-state index contributed by atoms with van der Waals surface area (Å²) in [6.07, 6.45) is 4.15. The fourth-order valence-electron chi connectivity index (χ4n) is 2.29. The van der Waals surface area contributed by atoms with Crippen LogP contribution < -0.4 is 5.73 Å². The van der Waals surface area contributed by atoms with Crippen LogP contribution in [0, 0.1) is 5.92 Å². The molecule has 2 unspecified atom stereocenters. The first kappa shape index (κ1) is 15.1. The Morgan fingerprint density at radius 1 is 1.55 bits per heavy atom. The third-order valence-electron chi connectivity index (χ3n) is 3.34. The Labute approximate surface area is 124 Å². The Bertz CT molecular complexity index is 485. The van der Waals surface area contributed by atoms with Crippen molar-refractivity contribution in [1.82, 2.24) is 4.90 Å². The van der Waals surface area contributed by atoms with Gasteiger partial charge in [-0.2, -0.15) is 4.99 Å². The number of allylic oxidation sites excluding steroid dienone is 2. The Morgan fingerprint density at radius 2 is 2.30 bits per heavy atom. The first-order valence-corrected chi connectivity index (χ1v) is 7.17. The molecule has 0 radical (unpaired) electrons. The molecule has 0 fully saturated rings. The van der Waals surface area contributed by atoms with Gasteiger partial charge in [-0.15, -0.1) is 0 Å². The Kier molecular flexibility index (Phi) is 4.83. The zero-order valence-electron chi connectivity index (χ0n) is 11.8. The molecule has 0 amide bonds. The van der Waals surface area contributed by atoms with Crippen LogP contribution in [-0.2, 0) is 9.53 Å². The number of hydrogen-bond acceptors (Lipinski definition) is 5. The van der Waals surface area contributed by atoms with E-state index < -0.39 is 0 Å². The van der Waals surface area contributed by atoms with Gasteiger partial charge in [-0.05, 0) is 13.0 Å². The van der Waals surface area contributed by atoms with Crippen LogP contribution in [0.25, 0.3) is 0 Å². The minimum atomic E-state index is -0.0925. The molecule has 0 bridgehead atoms. The molecule has 110 valence electrons. The Hall–Kier alpha value is -1.33. The number of amidine groups is 1. The van der Waals surface area contributed by atoms with Crippen molar-refractivity contribution < 1.29 is 9.53 Å². The van der Waals surface area contributed by atoms with Crippen LogP contribution in [0.4, 0.5) is 0 Å². The second kappa shape index (κ2) is 6.41. The summed E-state index contributed by atoms with van der Waals surface area (Å²) in [7, 11) is 0. The Morgan fingerprint density at radius 3 is 2.95 bits per heavy atom. The highest BCUT2D eigenvalue weighted by Gasteiger charge is 2.34. The molecule has 0 saturated heterocycles. The number of aliphatic imine (C=N–C) groups is 1. The van der Waals surface area contributed by atoms with Crippen LogP contribution >= 0.6 is 11.6 Å². The second-order valence-electron chi connectivity index (χ2n) is 5.14. The van der Waals surface area contributed by atoms with Crippen molar-refractivity contribution in [3.63, 3.8) is 0 Å². The summed E-state index contributed by atoms with van der Waals surface area (Å²) in [6, 6.07) is 0.541. The summed E-state index contributed by atoms with van der Waals surface area (Å²) < 4.78 is 5.91. The average molecular weight is 298 g/mol. The van der Waals surface area contributed by atoms with Crippen molar-refractivity contribution in [2.24, 2.45) is 16.6 Å². The van der Waals surface area contributed by atoms with Gasteiger partial charge in [0.2, 0.25) is 0 Å². The zero-order valence-corrected chi connectivity index (χ0v) is 12.6. The summed E-state index contributed by atoms with van der Waals surface area (Å²) >= 11 is 6.05. The van der Waals surface area contributed by atoms with Crippen LogP contribution in [0.5, 0.6) is 0 Å². The minimum absolute atomic E-state index is 0.0925. The number of carbonyl (C=O) groups excluding carboxylic acids is 1. The first-order chi connectivity index (χ1) is 9.51. The smallest absolute Gasteiger partial charge is 0.293 e. The molecule has 0 spiro atoms. The number of nitrogens with zero attached hydrogens (tertiary/aromatic N) is 2. The molecule has 0 aromatic rings. The van der Waals surface area contributed by atoms with Crippen LogP contribution in [-0.4, -0.2) is 42.4 Å². The van der Waals surface area contributed by atoms with Crippen LogP contribution in [0.1, 0.15) is 20.3 Å². The highest BCUT2D eigenvalue weighted by atomic mass is 35.5. The van der Waals surface area contributed by atoms with E-state index in [1.165, 1.54) is 0 Å². The van der Waals surface area contributed by atoms with Crippen LogP contribution in [0.2, 0.25) is 0 Å². The highest BCUT2D eigenvalue weighted by Crippen LogP contribution is 2.32. The number of hydrogen-bond donors (Lipinski definition) is 1. The number of rotatable bonds is 5. The summed E-state index contributed by atoms with van der Waals surface area (Å²) in [5.41, 5.74) is 6.45. The predicted octanol–water partition coefficient (Wildman–Crippen LogP) is 1.64. The van der Waals surface area contributed by atoms with E-state index in [2.05, 4.69) is 4.99 Å². The van der Waals surface area contributed by atoms with E-state index in [1.54, 1.807) is 6.92 Å². The molecule has 2 rings (SSSR count). The van der Waals surface area contributed by atoms with E-state index in [4.69, 9.17) is 22.1 Å². The Balaban J connectivity index is 2.11. The fraction of sp³-hybridized carbons (Fsp3) is 0.571. The van der Waals surface area contributed by atoms with E-state index in [-0.39, 0.29) is 17.8 Å². The van der Waals surface area contributed by atoms with Crippen LogP contribution in [0.15, 0.2) is 27.9 Å². The molecule has 2 atom stereocenters. The highest BCUT2D eigenvalue weighted by molar-refractivity contribution is 6.31. The van der Waals surface area contributed by atoms with Gasteiger partial charge in [0, 0.05) is 37.0 Å². The first-order valence-electron chi connectivity index (χ1n) is 6.80.